The highest BCUT2D eigenvalue weighted by molar-refractivity contribution is 5.93. The number of phenolic OH excluding ortho intramolecular Hbond substituents is 3. The van der Waals surface area contributed by atoms with E-state index in [9.17, 15) is 40.5 Å². The largest absolute Gasteiger partial charge is 0.508 e. The lowest BCUT2D eigenvalue weighted by Gasteiger charge is -2.39. The van der Waals surface area contributed by atoms with Crippen LogP contribution in [0.3, 0.4) is 0 Å². The zero-order valence-corrected chi connectivity index (χ0v) is 17.7. The van der Waals surface area contributed by atoms with Gasteiger partial charge in [-0.3, -0.25) is 4.79 Å². The fourth-order valence-corrected chi connectivity index (χ4v) is 3.64. The number of aliphatic hydroxyl groups is 4. The van der Waals surface area contributed by atoms with Crippen LogP contribution in [-0.2, 0) is 4.74 Å². The lowest BCUT2D eigenvalue weighted by molar-refractivity contribution is -0.277. The molecule has 3 aromatic rings. The summed E-state index contributed by atoms with van der Waals surface area (Å²) in [6, 6.07) is 6.32. The third kappa shape index (κ3) is 3.87. The van der Waals surface area contributed by atoms with Crippen LogP contribution in [0.1, 0.15) is 0 Å². The number of benzene rings is 2. The third-order valence-corrected chi connectivity index (χ3v) is 5.47. The summed E-state index contributed by atoms with van der Waals surface area (Å²) in [5.74, 6) is -2.31. The second-order valence-corrected chi connectivity index (χ2v) is 7.60. The third-order valence-electron chi connectivity index (χ3n) is 5.47. The number of ether oxygens (including phenoxy) is 3. The second-order valence-electron chi connectivity index (χ2n) is 7.60. The summed E-state index contributed by atoms with van der Waals surface area (Å²) >= 11 is 0. The van der Waals surface area contributed by atoms with Gasteiger partial charge in [-0.1, -0.05) is 0 Å². The SMILES string of the molecule is COc1cc(O)c2c(=O)c(O[C@@H]3O[C@@H](CO)[C@H](O)[C@H](O)[C@@H]3O)c(-c3ccc(O)cc3)oc2c1O. The summed E-state index contributed by atoms with van der Waals surface area (Å²) in [6.07, 6.45) is -8.31. The van der Waals surface area contributed by atoms with E-state index in [0.29, 0.717) is 0 Å². The highest BCUT2D eigenvalue weighted by Gasteiger charge is 2.45. The topological polar surface area (TPSA) is 200 Å². The van der Waals surface area contributed by atoms with E-state index in [-0.39, 0.29) is 22.8 Å². The molecule has 12 heteroatoms. The van der Waals surface area contributed by atoms with E-state index in [1.54, 1.807) is 0 Å². The number of fused-ring (bicyclic) bond motifs is 1. The molecule has 1 aliphatic heterocycles. The van der Waals surface area contributed by atoms with E-state index >= 15 is 0 Å². The van der Waals surface area contributed by atoms with Crippen molar-refractivity contribution in [1.82, 2.24) is 0 Å². The molecule has 182 valence electrons. The highest BCUT2D eigenvalue weighted by Crippen LogP contribution is 2.43. The predicted molar refractivity (Wildman–Crippen MR) is 114 cm³/mol. The van der Waals surface area contributed by atoms with E-state index in [1.165, 1.54) is 31.4 Å². The van der Waals surface area contributed by atoms with Crippen molar-refractivity contribution in [2.75, 3.05) is 13.7 Å². The molecule has 0 saturated carbocycles. The quantitative estimate of drug-likeness (QED) is 0.238. The van der Waals surface area contributed by atoms with Crippen molar-refractivity contribution in [1.29, 1.82) is 0 Å². The van der Waals surface area contributed by atoms with E-state index in [1.807, 2.05) is 0 Å². The molecule has 4 rings (SSSR count). The van der Waals surface area contributed by atoms with Crippen LogP contribution in [0.25, 0.3) is 22.3 Å². The fraction of sp³-hybridized carbons (Fsp3) is 0.318. The van der Waals surface area contributed by atoms with Crippen molar-refractivity contribution >= 4 is 11.0 Å². The maximum absolute atomic E-state index is 13.4. The molecule has 1 fully saturated rings. The number of hydrogen-bond acceptors (Lipinski definition) is 12. The van der Waals surface area contributed by atoms with E-state index in [2.05, 4.69) is 0 Å². The molecule has 0 bridgehead atoms. The molecule has 0 amide bonds. The van der Waals surface area contributed by atoms with Gasteiger partial charge in [0.25, 0.3) is 0 Å². The minimum Gasteiger partial charge on any atom is -0.508 e. The van der Waals surface area contributed by atoms with E-state index < -0.39 is 71.0 Å². The van der Waals surface area contributed by atoms with Crippen molar-refractivity contribution in [3.05, 3.63) is 40.6 Å². The van der Waals surface area contributed by atoms with Gasteiger partial charge in [0.2, 0.25) is 23.2 Å². The normalized spacial score (nSPS) is 24.8. The summed E-state index contributed by atoms with van der Waals surface area (Å²) in [7, 11) is 1.23. The summed E-state index contributed by atoms with van der Waals surface area (Å²) in [5.41, 5.74) is -1.21. The summed E-state index contributed by atoms with van der Waals surface area (Å²) in [5, 5.41) is 69.8. The zero-order chi connectivity index (χ0) is 24.7. The molecule has 0 radical (unpaired) electrons. The van der Waals surface area contributed by atoms with Crippen LogP contribution in [0.5, 0.6) is 28.7 Å². The van der Waals surface area contributed by atoms with Crippen molar-refractivity contribution in [3.8, 4) is 40.1 Å². The Morgan fingerprint density at radius 3 is 2.29 bits per heavy atom. The zero-order valence-electron chi connectivity index (χ0n) is 17.7. The van der Waals surface area contributed by atoms with Gasteiger partial charge in [-0.15, -0.1) is 0 Å². The first kappa shape index (κ1) is 23.6. The molecule has 2 aromatic carbocycles. The second kappa shape index (κ2) is 9.00. The smallest absolute Gasteiger partial charge is 0.239 e. The van der Waals surface area contributed by atoms with Gasteiger partial charge in [0.15, 0.2) is 17.1 Å². The predicted octanol–water partition coefficient (Wildman–Crippen LogP) is -0.236. The van der Waals surface area contributed by atoms with Gasteiger partial charge < -0.3 is 54.4 Å². The number of methoxy groups -OCH3 is 1. The number of aromatic hydroxyl groups is 3. The van der Waals surface area contributed by atoms with Gasteiger partial charge >= 0.3 is 0 Å². The summed E-state index contributed by atoms with van der Waals surface area (Å²) < 4.78 is 21.6. The summed E-state index contributed by atoms with van der Waals surface area (Å²) in [6.45, 7) is -0.726. The molecular weight excluding hydrogens is 456 g/mol. The van der Waals surface area contributed by atoms with Crippen LogP contribution in [0.4, 0.5) is 0 Å². The maximum atomic E-state index is 13.4. The van der Waals surface area contributed by atoms with E-state index in [0.717, 1.165) is 6.07 Å². The molecule has 2 heterocycles. The lowest BCUT2D eigenvalue weighted by Crippen LogP contribution is -2.60. The Morgan fingerprint density at radius 2 is 1.68 bits per heavy atom. The lowest BCUT2D eigenvalue weighted by atomic mass is 9.99. The Hall–Kier alpha value is -3.55. The monoisotopic (exact) mass is 478 g/mol. The Balaban J connectivity index is 1.93. The molecular formula is C22H22O12. The van der Waals surface area contributed by atoms with Crippen molar-refractivity contribution in [2.45, 2.75) is 30.7 Å². The number of phenols is 3. The molecule has 1 aliphatic rings. The highest BCUT2D eigenvalue weighted by atomic mass is 16.7. The molecule has 0 unspecified atom stereocenters. The first-order valence-corrected chi connectivity index (χ1v) is 10.0. The number of rotatable bonds is 5. The van der Waals surface area contributed by atoms with Crippen LogP contribution < -0.4 is 14.9 Å². The molecule has 34 heavy (non-hydrogen) atoms. The summed E-state index contributed by atoms with van der Waals surface area (Å²) in [4.78, 5) is 13.4. The minimum absolute atomic E-state index is 0.0922. The Bertz CT molecular complexity index is 1250. The first-order valence-electron chi connectivity index (χ1n) is 10.0. The molecule has 1 saturated heterocycles. The Kier molecular flexibility index (Phi) is 6.25. The van der Waals surface area contributed by atoms with Gasteiger partial charge in [-0.2, -0.15) is 0 Å². The average molecular weight is 478 g/mol. The van der Waals surface area contributed by atoms with Crippen LogP contribution in [0.2, 0.25) is 0 Å². The first-order chi connectivity index (χ1) is 16.2. The van der Waals surface area contributed by atoms with Crippen molar-refractivity contribution in [3.63, 3.8) is 0 Å². The van der Waals surface area contributed by atoms with Crippen LogP contribution in [-0.4, -0.2) is 80.2 Å². The molecule has 1 aromatic heterocycles. The van der Waals surface area contributed by atoms with Gasteiger partial charge in [0, 0.05) is 11.6 Å². The van der Waals surface area contributed by atoms with E-state index in [4.69, 9.17) is 18.6 Å². The molecule has 0 spiro atoms. The standard InChI is InChI=1S/C22H22O12/c1-31-11-6-10(25)13-16(28)21(34-22-18(30)17(29)14(26)12(7-23)32-22)19(33-20(13)15(11)27)8-2-4-9(24)5-3-8/h2-6,12,14,17-18,22-27,29-30H,7H2,1H3/t12-,14-,17-,18-,22-/m0/s1. The van der Waals surface area contributed by atoms with Gasteiger partial charge in [0.1, 0.15) is 41.3 Å². The van der Waals surface area contributed by atoms with Gasteiger partial charge in [-0.05, 0) is 24.3 Å². The average Bonchev–Trinajstić information content (AvgIpc) is 2.83. The molecule has 12 nitrogen and oxygen atoms in total. The van der Waals surface area contributed by atoms with Crippen molar-refractivity contribution < 1.29 is 54.4 Å². The fourth-order valence-electron chi connectivity index (χ4n) is 3.64. The van der Waals surface area contributed by atoms with Crippen LogP contribution >= 0.6 is 0 Å². The van der Waals surface area contributed by atoms with Gasteiger partial charge in [-0.25, -0.2) is 0 Å². The minimum atomic E-state index is -1.83. The van der Waals surface area contributed by atoms with Crippen LogP contribution in [0.15, 0.2) is 39.5 Å². The Morgan fingerprint density at radius 1 is 1.00 bits per heavy atom. The van der Waals surface area contributed by atoms with Crippen LogP contribution in [0, 0.1) is 0 Å². The molecule has 0 aliphatic carbocycles. The number of aliphatic hydroxyl groups excluding tert-OH is 4. The maximum Gasteiger partial charge on any atom is 0.239 e. The Labute approximate surface area is 191 Å². The molecule has 5 atom stereocenters. The van der Waals surface area contributed by atoms with Gasteiger partial charge in [0.05, 0.1) is 13.7 Å². The molecule has 7 N–H and O–H groups in total. The number of hydrogen-bond donors (Lipinski definition) is 7. The van der Waals surface area contributed by atoms with Crippen molar-refractivity contribution in [2.24, 2.45) is 0 Å².